The smallest absolute Gasteiger partial charge is 0.150 e. The molecule has 0 heterocycles. The fourth-order valence-corrected chi connectivity index (χ4v) is 0.990. The second-order valence-corrected chi connectivity index (χ2v) is 2.73. The van der Waals surface area contributed by atoms with Gasteiger partial charge in [-0.05, 0) is 12.1 Å². The quantitative estimate of drug-likeness (QED) is 0.432. The fourth-order valence-electron chi connectivity index (χ4n) is 0.895. The van der Waals surface area contributed by atoms with Crippen LogP contribution in [0.3, 0.4) is 0 Å². The first-order valence-electron chi connectivity index (χ1n) is 4.06. The monoisotopic (exact) mass is 208 g/mol. The largest absolute Gasteiger partial charge is 0.481 e. The molecule has 0 fully saturated rings. The molecule has 0 saturated carbocycles. The Morgan fingerprint density at radius 2 is 2.29 bits per heavy atom. The van der Waals surface area contributed by atoms with Crippen molar-refractivity contribution in [3.63, 3.8) is 0 Å². The van der Waals surface area contributed by atoms with E-state index < -0.39 is 0 Å². The Morgan fingerprint density at radius 1 is 1.43 bits per heavy atom. The van der Waals surface area contributed by atoms with Crippen LogP contribution in [-0.4, -0.2) is 18.8 Å². The van der Waals surface area contributed by atoms with Gasteiger partial charge >= 0.3 is 0 Å². The highest BCUT2D eigenvalue weighted by molar-refractivity contribution is 6.19. The number of rotatable bonds is 3. The van der Waals surface area contributed by atoms with Crippen LogP contribution in [0.1, 0.15) is 10.4 Å². The van der Waals surface area contributed by atoms with Crippen molar-refractivity contribution in [3.8, 4) is 17.6 Å². The van der Waals surface area contributed by atoms with E-state index in [-0.39, 0.29) is 6.61 Å². The lowest BCUT2D eigenvalue weighted by molar-refractivity contribution is 0.112. The molecule has 3 heteroatoms. The standard InChI is InChI=1S/C11H9ClO2/c12-6-1-2-7-14-11-5-3-4-10(8-11)9-13/h3-5,8-9H,6-7H2. The molecule has 1 aromatic rings. The van der Waals surface area contributed by atoms with Crippen LogP contribution in [0.25, 0.3) is 0 Å². The number of ether oxygens (including phenoxy) is 1. The topological polar surface area (TPSA) is 26.3 Å². The Labute approximate surface area is 87.8 Å². The Bertz CT molecular complexity index is 363. The molecular weight excluding hydrogens is 200 g/mol. The van der Waals surface area contributed by atoms with Crippen LogP contribution in [0.4, 0.5) is 0 Å². The lowest BCUT2D eigenvalue weighted by Crippen LogP contribution is -1.94. The molecule has 0 spiro atoms. The third-order valence-electron chi connectivity index (χ3n) is 1.50. The molecule has 1 rings (SSSR count). The molecule has 72 valence electrons. The predicted molar refractivity (Wildman–Crippen MR) is 55.8 cm³/mol. The molecule has 14 heavy (non-hydrogen) atoms. The van der Waals surface area contributed by atoms with Crippen molar-refractivity contribution in [1.29, 1.82) is 0 Å². The SMILES string of the molecule is O=Cc1cccc(OCC#CCCl)c1. The van der Waals surface area contributed by atoms with Gasteiger partial charge in [-0.3, -0.25) is 4.79 Å². The third-order valence-corrected chi connectivity index (χ3v) is 1.63. The Hall–Kier alpha value is -1.46. The van der Waals surface area contributed by atoms with Crippen molar-refractivity contribution in [2.24, 2.45) is 0 Å². The minimum atomic E-state index is 0.287. The van der Waals surface area contributed by atoms with Gasteiger partial charge in [0.15, 0.2) is 0 Å². The van der Waals surface area contributed by atoms with Gasteiger partial charge in [0, 0.05) is 5.56 Å². The van der Waals surface area contributed by atoms with E-state index >= 15 is 0 Å². The zero-order valence-electron chi connectivity index (χ0n) is 7.50. The second-order valence-electron chi connectivity index (χ2n) is 2.47. The lowest BCUT2D eigenvalue weighted by Gasteiger charge is -2.01. The van der Waals surface area contributed by atoms with Crippen molar-refractivity contribution in [2.75, 3.05) is 12.5 Å². The van der Waals surface area contributed by atoms with Gasteiger partial charge in [0.25, 0.3) is 0 Å². The van der Waals surface area contributed by atoms with E-state index in [2.05, 4.69) is 11.8 Å². The molecule has 0 aliphatic heterocycles. The van der Waals surface area contributed by atoms with Gasteiger partial charge in [-0.15, -0.1) is 11.6 Å². The van der Waals surface area contributed by atoms with E-state index in [1.54, 1.807) is 24.3 Å². The molecule has 0 amide bonds. The van der Waals surface area contributed by atoms with E-state index in [1.807, 2.05) is 0 Å². The van der Waals surface area contributed by atoms with Gasteiger partial charge in [0.1, 0.15) is 18.6 Å². The van der Waals surface area contributed by atoms with E-state index in [4.69, 9.17) is 16.3 Å². The Morgan fingerprint density at radius 3 is 3.00 bits per heavy atom. The van der Waals surface area contributed by atoms with Crippen molar-refractivity contribution >= 4 is 17.9 Å². The van der Waals surface area contributed by atoms with Gasteiger partial charge in [0.05, 0.1) is 5.88 Å². The van der Waals surface area contributed by atoms with Crippen LogP contribution in [0.15, 0.2) is 24.3 Å². The summed E-state index contributed by atoms with van der Waals surface area (Å²) in [5, 5.41) is 0. The van der Waals surface area contributed by atoms with Gasteiger partial charge in [-0.2, -0.15) is 0 Å². The second kappa shape index (κ2) is 6.06. The molecule has 0 bridgehead atoms. The summed E-state index contributed by atoms with van der Waals surface area (Å²) in [5.41, 5.74) is 0.591. The molecule has 2 nitrogen and oxygen atoms in total. The molecule has 0 radical (unpaired) electrons. The number of carbonyl (C=O) groups is 1. The molecule has 0 unspecified atom stereocenters. The maximum Gasteiger partial charge on any atom is 0.150 e. The first-order chi connectivity index (χ1) is 6.86. The van der Waals surface area contributed by atoms with E-state index in [9.17, 15) is 4.79 Å². The van der Waals surface area contributed by atoms with Crippen molar-refractivity contribution in [1.82, 2.24) is 0 Å². The number of alkyl halides is 1. The first kappa shape index (κ1) is 10.6. The summed E-state index contributed by atoms with van der Waals surface area (Å²) in [5.74, 6) is 6.34. The summed E-state index contributed by atoms with van der Waals surface area (Å²) >= 11 is 5.36. The number of aldehydes is 1. The number of hydrogen-bond donors (Lipinski definition) is 0. The summed E-state index contributed by atoms with van der Waals surface area (Å²) in [6.45, 7) is 0.287. The molecule has 0 aliphatic rings. The summed E-state index contributed by atoms with van der Waals surface area (Å²) in [4.78, 5) is 10.4. The van der Waals surface area contributed by atoms with Gasteiger partial charge in [0.2, 0.25) is 0 Å². The Kier molecular flexibility index (Phi) is 4.60. The van der Waals surface area contributed by atoms with Crippen molar-refractivity contribution in [3.05, 3.63) is 29.8 Å². The third kappa shape index (κ3) is 3.51. The van der Waals surface area contributed by atoms with Gasteiger partial charge in [-0.25, -0.2) is 0 Å². The predicted octanol–water partition coefficient (Wildman–Crippen LogP) is 2.12. The summed E-state index contributed by atoms with van der Waals surface area (Å²) in [7, 11) is 0. The van der Waals surface area contributed by atoms with E-state index in [0.29, 0.717) is 17.2 Å². The summed E-state index contributed by atoms with van der Waals surface area (Å²) in [6, 6.07) is 6.91. The molecule has 0 aliphatic carbocycles. The van der Waals surface area contributed by atoms with Crippen molar-refractivity contribution < 1.29 is 9.53 Å². The molecule has 1 aromatic carbocycles. The molecule has 0 atom stereocenters. The minimum Gasteiger partial charge on any atom is -0.481 e. The lowest BCUT2D eigenvalue weighted by atomic mass is 10.2. The van der Waals surface area contributed by atoms with Gasteiger partial charge < -0.3 is 4.74 Å². The van der Waals surface area contributed by atoms with Crippen LogP contribution in [-0.2, 0) is 0 Å². The van der Waals surface area contributed by atoms with Gasteiger partial charge in [-0.1, -0.05) is 24.0 Å². The zero-order chi connectivity index (χ0) is 10.2. The number of halogens is 1. The molecule has 0 aromatic heterocycles. The summed E-state index contributed by atoms with van der Waals surface area (Å²) in [6.07, 6.45) is 0.775. The average Bonchev–Trinajstić information content (AvgIpc) is 2.25. The number of hydrogen-bond acceptors (Lipinski definition) is 2. The fraction of sp³-hybridized carbons (Fsp3) is 0.182. The first-order valence-corrected chi connectivity index (χ1v) is 4.60. The van der Waals surface area contributed by atoms with Crippen molar-refractivity contribution in [2.45, 2.75) is 0 Å². The zero-order valence-corrected chi connectivity index (χ0v) is 8.25. The maximum atomic E-state index is 10.4. The Balaban J connectivity index is 2.54. The highest BCUT2D eigenvalue weighted by atomic mass is 35.5. The van der Waals surface area contributed by atoms with Crippen LogP contribution in [0, 0.1) is 11.8 Å². The van der Waals surface area contributed by atoms with Crippen LogP contribution in [0.5, 0.6) is 5.75 Å². The van der Waals surface area contributed by atoms with E-state index in [0.717, 1.165) is 6.29 Å². The molecular formula is C11H9ClO2. The maximum absolute atomic E-state index is 10.4. The van der Waals surface area contributed by atoms with E-state index in [1.165, 1.54) is 0 Å². The molecule has 0 N–H and O–H groups in total. The highest BCUT2D eigenvalue weighted by Gasteiger charge is 1.93. The number of carbonyl (C=O) groups excluding carboxylic acids is 1. The molecule has 0 saturated heterocycles. The normalized spacial score (nSPS) is 8.64. The van der Waals surface area contributed by atoms with Crippen LogP contribution < -0.4 is 4.74 Å². The average molecular weight is 209 g/mol. The van der Waals surface area contributed by atoms with Crippen LogP contribution >= 0.6 is 11.6 Å². The minimum absolute atomic E-state index is 0.287. The number of benzene rings is 1. The van der Waals surface area contributed by atoms with Crippen LogP contribution in [0.2, 0.25) is 0 Å². The summed E-state index contributed by atoms with van der Waals surface area (Å²) < 4.78 is 5.26. The highest BCUT2D eigenvalue weighted by Crippen LogP contribution is 2.11.